The molecule has 0 bridgehead atoms. The van der Waals surface area contributed by atoms with Crippen molar-refractivity contribution in [3.05, 3.63) is 44.8 Å². The van der Waals surface area contributed by atoms with Crippen LogP contribution in [0.25, 0.3) is 0 Å². The van der Waals surface area contributed by atoms with E-state index >= 15 is 0 Å². The van der Waals surface area contributed by atoms with Gasteiger partial charge in [-0.2, -0.15) is 22.7 Å². The molecule has 0 spiro atoms. The van der Waals surface area contributed by atoms with Gasteiger partial charge in [0.25, 0.3) is 0 Å². The molecule has 1 nitrogen and oxygen atoms in total. The first-order chi connectivity index (χ1) is 6.42. The first-order valence-corrected chi connectivity index (χ1v) is 6.02. The van der Waals surface area contributed by atoms with Crippen LogP contribution in [0.4, 0.5) is 0 Å². The second-order valence-corrected chi connectivity index (χ2v) is 4.40. The number of rotatable bonds is 3. The summed E-state index contributed by atoms with van der Waals surface area (Å²) in [7, 11) is 2.00. The Bertz CT molecular complexity index is 303. The van der Waals surface area contributed by atoms with E-state index in [4.69, 9.17) is 0 Å². The molecule has 0 aliphatic heterocycles. The first kappa shape index (κ1) is 8.94. The SMILES string of the molecule is CNC(c1ccsc1)c1ccsc1. The quantitative estimate of drug-likeness (QED) is 0.819. The Morgan fingerprint density at radius 3 is 1.92 bits per heavy atom. The number of thiophene rings is 2. The molecule has 0 aliphatic carbocycles. The predicted molar refractivity (Wildman–Crippen MR) is 59.5 cm³/mol. The molecule has 0 radical (unpaired) electrons. The standard InChI is InChI=1S/C10H11NS2/c1-11-10(8-2-4-12-6-8)9-3-5-13-7-9/h2-7,10-11H,1H3. The summed E-state index contributed by atoms with van der Waals surface area (Å²) in [4.78, 5) is 0. The molecule has 1 N–H and O–H groups in total. The number of hydrogen-bond donors (Lipinski definition) is 1. The lowest BCUT2D eigenvalue weighted by Gasteiger charge is -2.12. The van der Waals surface area contributed by atoms with Crippen LogP contribution < -0.4 is 5.32 Å². The van der Waals surface area contributed by atoms with E-state index in [0.717, 1.165) is 0 Å². The summed E-state index contributed by atoms with van der Waals surface area (Å²) in [6.45, 7) is 0. The largest absolute Gasteiger partial charge is 0.309 e. The van der Waals surface area contributed by atoms with Crippen molar-refractivity contribution < 1.29 is 0 Å². The highest BCUT2D eigenvalue weighted by molar-refractivity contribution is 7.08. The Morgan fingerprint density at radius 2 is 1.62 bits per heavy atom. The Morgan fingerprint density at radius 1 is 1.08 bits per heavy atom. The molecule has 2 rings (SSSR count). The zero-order valence-electron chi connectivity index (χ0n) is 7.36. The third kappa shape index (κ3) is 1.82. The van der Waals surface area contributed by atoms with Gasteiger partial charge in [0.05, 0.1) is 6.04 Å². The van der Waals surface area contributed by atoms with E-state index in [-0.39, 0.29) is 0 Å². The van der Waals surface area contributed by atoms with Crippen LogP contribution in [0.2, 0.25) is 0 Å². The lowest BCUT2D eigenvalue weighted by atomic mass is 10.1. The smallest absolute Gasteiger partial charge is 0.0590 e. The Balaban J connectivity index is 2.29. The molecular weight excluding hydrogens is 198 g/mol. The molecule has 0 unspecified atom stereocenters. The molecule has 0 aliphatic rings. The van der Waals surface area contributed by atoms with E-state index in [9.17, 15) is 0 Å². The van der Waals surface area contributed by atoms with Gasteiger partial charge in [-0.1, -0.05) is 0 Å². The lowest BCUT2D eigenvalue weighted by molar-refractivity contribution is 0.697. The Hall–Kier alpha value is -0.640. The van der Waals surface area contributed by atoms with Crippen LogP contribution in [-0.4, -0.2) is 7.05 Å². The van der Waals surface area contributed by atoms with Gasteiger partial charge in [-0.3, -0.25) is 0 Å². The van der Waals surface area contributed by atoms with E-state index in [1.54, 1.807) is 22.7 Å². The zero-order valence-corrected chi connectivity index (χ0v) is 8.99. The summed E-state index contributed by atoms with van der Waals surface area (Å²) in [5, 5.41) is 11.9. The fraction of sp³-hybridized carbons (Fsp3) is 0.200. The van der Waals surface area contributed by atoms with Crippen molar-refractivity contribution >= 4 is 22.7 Å². The first-order valence-electron chi connectivity index (χ1n) is 4.13. The molecule has 0 fully saturated rings. The third-order valence-corrected chi connectivity index (χ3v) is 3.44. The predicted octanol–water partition coefficient (Wildman–Crippen LogP) is 3.12. The highest BCUT2D eigenvalue weighted by atomic mass is 32.1. The fourth-order valence-corrected chi connectivity index (χ4v) is 2.78. The van der Waals surface area contributed by atoms with Crippen LogP contribution >= 0.6 is 22.7 Å². The number of hydrogen-bond acceptors (Lipinski definition) is 3. The van der Waals surface area contributed by atoms with Gasteiger partial charge in [-0.25, -0.2) is 0 Å². The molecular formula is C10H11NS2. The van der Waals surface area contributed by atoms with Crippen molar-refractivity contribution in [1.82, 2.24) is 5.32 Å². The van der Waals surface area contributed by atoms with Gasteiger partial charge >= 0.3 is 0 Å². The van der Waals surface area contributed by atoms with Crippen LogP contribution in [0.3, 0.4) is 0 Å². The summed E-state index contributed by atoms with van der Waals surface area (Å²) in [5.74, 6) is 0. The molecule has 13 heavy (non-hydrogen) atoms. The van der Waals surface area contributed by atoms with E-state index < -0.39 is 0 Å². The van der Waals surface area contributed by atoms with Crippen molar-refractivity contribution in [3.8, 4) is 0 Å². The summed E-state index contributed by atoms with van der Waals surface area (Å²) < 4.78 is 0. The van der Waals surface area contributed by atoms with Crippen molar-refractivity contribution in [3.63, 3.8) is 0 Å². The molecule has 0 saturated carbocycles. The minimum Gasteiger partial charge on any atom is -0.309 e. The monoisotopic (exact) mass is 209 g/mol. The maximum atomic E-state index is 3.32. The highest BCUT2D eigenvalue weighted by Gasteiger charge is 2.11. The van der Waals surface area contributed by atoms with E-state index in [1.165, 1.54) is 11.1 Å². The van der Waals surface area contributed by atoms with Gasteiger partial charge in [0, 0.05) is 0 Å². The van der Waals surface area contributed by atoms with Crippen molar-refractivity contribution in [2.75, 3.05) is 7.05 Å². The summed E-state index contributed by atoms with van der Waals surface area (Å²) >= 11 is 3.49. The van der Waals surface area contributed by atoms with E-state index in [1.807, 2.05) is 7.05 Å². The fourth-order valence-electron chi connectivity index (χ4n) is 1.40. The second kappa shape index (κ2) is 4.05. The van der Waals surface area contributed by atoms with Crippen LogP contribution in [0.15, 0.2) is 33.7 Å². The maximum Gasteiger partial charge on any atom is 0.0590 e. The molecule has 0 atom stereocenters. The summed E-state index contributed by atoms with van der Waals surface area (Å²) in [6.07, 6.45) is 0. The molecule has 0 saturated heterocycles. The van der Waals surface area contributed by atoms with Crippen molar-refractivity contribution in [2.24, 2.45) is 0 Å². The second-order valence-electron chi connectivity index (χ2n) is 2.84. The summed E-state index contributed by atoms with van der Waals surface area (Å²) in [5.41, 5.74) is 2.71. The van der Waals surface area contributed by atoms with Crippen molar-refractivity contribution in [2.45, 2.75) is 6.04 Å². The third-order valence-electron chi connectivity index (χ3n) is 2.04. The van der Waals surface area contributed by atoms with Crippen LogP contribution in [0.5, 0.6) is 0 Å². The highest BCUT2D eigenvalue weighted by Crippen LogP contribution is 2.24. The average molecular weight is 209 g/mol. The van der Waals surface area contributed by atoms with Gasteiger partial charge in [-0.05, 0) is 51.8 Å². The normalized spacial score (nSPS) is 10.9. The molecule has 2 aromatic rings. The van der Waals surface area contributed by atoms with E-state index in [2.05, 4.69) is 39.0 Å². The minimum atomic E-state index is 0.359. The zero-order chi connectivity index (χ0) is 9.10. The van der Waals surface area contributed by atoms with Crippen LogP contribution in [0.1, 0.15) is 17.2 Å². The van der Waals surface area contributed by atoms with E-state index in [0.29, 0.717) is 6.04 Å². The van der Waals surface area contributed by atoms with Gasteiger partial charge in [0.2, 0.25) is 0 Å². The van der Waals surface area contributed by atoms with Crippen molar-refractivity contribution in [1.29, 1.82) is 0 Å². The van der Waals surface area contributed by atoms with Crippen LogP contribution in [-0.2, 0) is 0 Å². The van der Waals surface area contributed by atoms with Gasteiger partial charge in [0.15, 0.2) is 0 Å². The lowest BCUT2D eigenvalue weighted by Crippen LogP contribution is -2.15. The average Bonchev–Trinajstić information content (AvgIpc) is 2.76. The number of nitrogens with one attached hydrogen (secondary N) is 1. The molecule has 2 heterocycles. The Labute approximate surface area is 86.0 Å². The Kier molecular flexibility index (Phi) is 2.78. The molecule has 0 aromatic carbocycles. The molecule has 2 aromatic heterocycles. The molecule has 0 amide bonds. The van der Waals surface area contributed by atoms with Gasteiger partial charge in [0.1, 0.15) is 0 Å². The van der Waals surface area contributed by atoms with Crippen LogP contribution in [0, 0.1) is 0 Å². The maximum absolute atomic E-state index is 3.32. The molecule has 3 heteroatoms. The molecule has 68 valence electrons. The minimum absolute atomic E-state index is 0.359. The van der Waals surface area contributed by atoms with Gasteiger partial charge < -0.3 is 5.32 Å². The topological polar surface area (TPSA) is 12.0 Å². The summed E-state index contributed by atoms with van der Waals surface area (Å²) in [6, 6.07) is 4.70. The van der Waals surface area contributed by atoms with Gasteiger partial charge in [-0.15, -0.1) is 0 Å².